The molecule has 2 aromatic carbocycles. The first-order valence-electron chi connectivity index (χ1n) is 10.7. The largest absolute Gasteiger partial charge is 0.491 e. The van der Waals surface area contributed by atoms with Gasteiger partial charge in [0.1, 0.15) is 41.8 Å². The van der Waals surface area contributed by atoms with E-state index in [2.05, 4.69) is 0 Å². The predicted molar refractivity (Wildman–Crippen MR) is 116 cm³/mol. The number of hydrogen-bond acceptors (Lipinski definition) is 6. The molecule has 1 aromatic heterocycles. The van der Waals surface area contributed by atoms with Crippen LogP contribution in [-0.2, 0) is 11.2 Å². The number of ether oxygens (including phenoxy) is 2. The van der Waals surface area contributed by atoms with Gasteiger partial charge in [-0.1, -0.05) is 6.07 Å². The summed E-state index contributed by atoms with van der Waals surface area (Å²) in [6.45, 7) is 3.11. The number of aliphatic hydroxyl groups is 4. The van der Waals surface area contributed by atoms with Crippen LogP contribution in [0.5, 0.6) is 5.75 Å². The molecule has 0 radical (unpaired) electrons. The maximum absolute atomic E-state index is 14.8. The maximum Gasteiger partial charge on any atom is 0.163 e. The quantitative estimate of drug-likeness (QED) is 0.447. The number of rotatable bonds is 6. The lowest BCUT2D eigenvalue weighted by Gasteiger charge is -2.40. The van der Waals surface area contributed by atoms with E-state index in [1.165, 1.54) is 28.8 Å². The minimum atomic E-state index is -1.56. The molecular weight excluding hydrogens is 436 g/mol. The summed E-state index contributed by atoms with van der Waals surface area (Å²) in [6, 6.07) is 8.60. The number of fused-ring (bicyclic) bond motifs is 1. The van der Waals surface area contributed by atoms with Gasteiger partial charge in [-0.25, -0.2) is 8.78 Å². The van der Waals surface area contributed by atoms with E-state index >= 15 is 0 Å². The molecule has 4 rings (SSSR count). The lowest BCUT2D eigenvalue weighted by atomic mass is 9.98. The van der Waals surface area contributed by atoms with E-state index in [-0.39, 0.29) is 12.5 Å². The molecule has 0 amide bonds. The molecule has 0 spiro atoms. The highest BCUT2D eigenvalue weighted by molar-refractivity contribution is 5.84. The van der Waals surface area contributed by atoms with Crippen molar-refractivity contribution in [2.24, 2.45) is 0 Å². The first kappa shape index (κ1) is 23.6. The summed E-state index contributed by atoms with van der Waals surface area (Å²) in [5, 5.41) is 40.8. The van der Waals surface area contributed by atoms with Crippen molar-refractivity contribution >= 4 is 10.9 Å². The Morgan fingerprint density at radius 3 is 2.42 bits per heavy atom. The Hall–Kier alpha value is -2.56. The molecule has 0 aliphatic carbocycles. The van der Waals surface area contributed by atoms with Crippen molar-refractivity contribution in [3.05, 3.63) is 65.4 Å². The third-order valence-electron chi connectivity index (χ3n) is 5.80. The molecule has 5 atom stereocenters. The number of aromatic nitrogens is 1. The Bertz CT molecular complexity index is 1130. The Labute approximate surface area is 189 Å². The maximum atomic E-state index is 14.8. The van der Waals surface area contributed by atoms with Crippen molar-refractivity contribution in [2.75, 3.05) is 6.61 Å². The first-order valence-corrected chi connectivity index (χ1v) is 10.7. The molecule has 7 nitrogen and oxygen atoms in total. The van der Waals surface area contributed by atoms with Gasteiger partial charge in [-0.3, -0.25) is 0 Å². The molecule has 9 heteroatoms. The van der Waals surface area contributed by atoms with Gasteiger partial charge >= 0.3 is 0 Å². The SMILES string of the molecule is CC(C)Oc1ccc(Cc2cn([C@@H]3O[C@H](CO)[C@@H](O)[C@H](O)[C@H]3O)c3ccc(F)cc23)c(F)c1. The fraction of sp³-hybridized carbons (Fsp3) is 0.417. The van der Waals surface area contributed by atoms with Crippen LogP contribution in [0.1, 0.15) is 31.2 Å². The van der Waals surface area contributed by atoms with Crippen molar-refractivity contribution in [3.8, 4) is 5.75 Å². The highest BCUT2D eigenvalue weighted by atomic mass is 19.1. The number of aliphatic hydroxyl groups excluding tert-OH is 4. The summed E-state index contributed by atoms with van der Waals surface area (Å²) in [5.41, 5.74) is 1.41. The summed E-state index contributed by atoms with van der Waals surface area (Å²) < 4.78 is 41.5. The van der Waals surface area contributed by atoms with Crippen LogP contribution in [0.2, 0.25) is 0 Å². The van der Waals surface area contributed by atoms with Gasteiger partial charge in [0.2, 0.25) is 0 Å². The predicted octanol–water partition coefficient (Wildman–Crippen LogP) is 2.27. The van der Waals surface area contributed by atoms with Crippen molar-refractivity contribution in [1.82, 2.24) is 4.57 Å². The minimum absolute atomic E-state index is 0.102. The second-order valence-corrected chi connectivity index (χ2v) is 8.54. The Morgan fingerprint density at radius 1 is 1.00 bits per heavy atom. The van der Waals surface area contributed by atoms with Gasteiger partial charge in [0.05, 0.1) is 18.2 Å². The van der Waals surface area contributed by atoms with Crippen LogP contribution in [0.25, 0.3) is 10.9 Å². The Kier molecular flexibility index (Phi) is 6.69. The molecule has 1 aliphatic heterocycles. The summed E-state index contributed by atoms with van der Waals surface area (Å²) in [4.78, 5) is 0. The Morgan fingerprint density at radius 2 is 1.76 bits per heavy atom. The van der Waals surface area contributed by atoms with Gasteiger partial charge in [0.25, 0.3) is 0 Å². The molecule has 3 aromatic rings. The van der Waals surface area contributed by atoms with Crippen LogP contribution in [0.4, 0.5) is 8.78 Å². The normalized spacial score (nSPS) is 25.7. The number of benzene rings is 2. The third kappa shape index (κ3) is 4.60. The summed E-state index contributed by atoms with van der Waals surface area (Å²) in [5.74, 6) is -0.559. The lowest BCUT2D eigenvalue weighted by molar-refractivity contribution is -0.250. The third-order valence-corrected chi connectivity index (χ3v) is 5.80. The van der Waals surface area contributed by atoms with Crippen LogP contribution < -0.4 is 4.74 Å². The molecule has 1 fully saturated rings. The number of hydrogen-bond donors (Lipinski definition) is 4. The first-order chi connectivity index (χ1) is 15.7. The number of halogens is 2. The summed E-state index contributed by atoms with van der Waals surface area (Å²) >= 11 is 0. The average molecular weight is 463 g/mol. The van der Waals surface area contributed by atoms with Crippen LogP contribution >= 0.6 is 0 Å². The van der Waals surface area contributed by atoms with Crippen molar-refractivity contribution in [3.63, 3.8) is 0 Å². The van der Waals surface area contributed by atoms with Crippen LogP contribution in [0.3, 0.4) is 0 Å². The second kappa shape index (κ2) is 9.36. The van der Waals surface area contributed by atoms with Gasteiger partial charge in [-0.05, 0) is 49.2 Å². The zero-order chi connectivity index (χ0) is 23.9. The van der Waals surface area contributed by atoms with E-state index in [9.17, 15) is 29.2 Å². The molecule has 1 saturated heterocycles. The Balaban J connectivity index is 1.73. The minimum Gasteiger partial charge on any atom is -0.491 e. The highest BCUT2D eigenvalue weighted by Gasteiger charge is 2.44. The van der Waals surface area contributed by atoms with E-state index in [0.717, 1.165) is 0 Å². The van der Waals surface area contributed by atoms with Crippen LogP contribution in [0, 0.1) is 11.6 Å². The van der Waals surface area contributed by atoms with E-state index < -0.39 is 48.9 Å². The molecule has 0 saturated carbocycles. The van der Waals surface area contributed by atoms with E-state index in [4.69, 9.17) is 9.47 Å². The van der Waals surface area contributed by atoms with Gasteiger partial charge in [0, 0.05) is 24.1 Å². The molecular formula is C24H27F2NO6. The fourth-order valence-electron chi connectivity index (χ4n) is 4.18. The summed E-state index contributed by atoms with van der Waals surface area (Å²) in [6.07, 6.45) is -5.22. The zero-order valence-electron chi connectivity index (χ0n) is 18.2. The van der Waals surface area contributed by atoms with E-state index in [1.54, 1.807) is 18.3 Å². The monoisotopic (exact) mass is 463 g/mol. The molecule has 1 aliphatic rings. The second-order valence-electron chi connectivity index (χ2n) is 8.54. The van der Waals surface area contributed by atoms with Gasteiger partial charge in [0.15, 0.2) is 6.23 Å². The molecule has 2 heterocycles. The van der Waals surface area contributed by atoms with Crippen LogP contribution in [0.15, 0.2) is 42.6 Å². The highest BCUT2D eigenvalue weighted by Crippen LogP contribution is 2.34. The molecule has 33 heavy (non-hydrogen) atoms. The fourth-order valence-corrected chi connectivity index (χ4v) is 4.18. The molecule has 178 valence electrons. The van der Waals surface area contributed by atoms with E-state index in [0.29, 0.717) is 27.8 Å². The summed E-state index contributed by atoms with van der Waals surface area (Å²) in [7, 11) is 0. The van der Waals surface area contributed by atoms with Crippen molar-refractivity contribution in [2.45, 2.75) is 57.0 Å². The topological polar surface area (TPSA) is 104 Å². The standard InChI is InChI=1S/C24H27F2NO6/c1-12(2)32-16-5-3-13(18(26)9-16)7-14-10-27(19-6-4-15(25)8-17(14)19)24-23(31)22(30)21(29)20(11-28)33-24/h3-6,8-10,12,20-24,28-31H,7,11H2,1-2H3/t20-,21-,22+,23-,24-/m1/s1. The number of nitrogens with zero attached hydrogens (tertiary/aromatic N) is 1. The van der Waals surface area contributed by atoms with E-state index in [1.807, 2.05) is 13.8 Å². The van der Waals surface area contributed by atoms with Crippen molar-refractivity contribution in [1.29, 1.82) is 0 Å². The van der Waals surface area contributed by atoms with Gasteiger partial charge in [-0.2, -0.15) is 0 Å². The average Bonchev–Trinajstić information content (AvgIpc) is 3.11. The molecule has 0 bridgehead atoms. The molecule has 0 unspecified atom stereocenters. The van der Waals surface area contributed by atoms with Crippen molar-refractivity contribution < 1.29 is 38.7 Å². The smallest absolute Gasteiger partial charge is 0.163 e. The lowest BCUT2D eigenvalue weighted by Crippen LogP contribution is -2.56. The van der Waals surface area contributed by atoms with Gasteiger partial charge in [-0.15, -0.1) is 0 Å². The zero-order valence-corrected chi connectivity index (χ0v) is 18.2. The molecule has 4 N–H and O–H groups in total. The van der Waals surface area contributed by atoms with Gasteiger partial charge < -0.3 is 34.5 Å². The van der Waals surface area contributed by atoms with Crippen LogP contribution in [-0.4, -0.2) is 62.1 Å².